The monoisotopic (exact) mass is 338 g/mol. The number of nitrogens with one attached hydrogen (secondary N) is 1. The molecule has 4 heteroatoms. The van der Waals surface area contributed by atoms with E-state index in [9.17, 15) is 4.79 Å². The summed E-state index contributed by atoms with van der Waals surface area (Å²) in [5.74, 6) is 1.15. The zero-order valence-electron chi connectivity index (χ0n) is 15.0. The van der Waals surface area contributed by atoms with Gasteiger partial charge in [-0.2, -0.15) is 0 Å². The lowest BCUT2D eigenvalue weighted by atomic mass is 10.0. The van der Waals surface area contributed by atoms with Gasteiger partial charge in [0, 0.05) is 31.6 Å². The SMILES string of the molecule is COc1ccc(C)cc1CN[C@@H](CN1CCCC1=O)c1ccccc1. The summed E-state index contributed by atoms with van der Waals surface area (Å²) in [5, 5.41) is 3.63. The maximum atomic E-state index is 12.0. The lowest BCUT2D eigenvalue weighted by Gasteiger charge is -2.25. The Labute approximate surface area is 149 Å². The number of carbonyl (C=O) groups excluding carboxylic acids is 1. The number of ether oxygens (including phenoxy) is 1. The number of hydrogen-bond donors (Lipinski definition) is 1. The summed E-state index contributed by atoms with van der Waals surface area (Å²) in [7, 11) is 1.70. The van der Waals surface area contributed by atoms with Gasteiger partial charge in [-0.15, -0.1) is 0 Å². The Balaban J connectivity index is 1.76. The molecule has 1 heterocycles. The van der Waals surface area contributed by atoms with Crippen molar-refractivity contribution in [3.05, 3.63) is 65.2 Å². The number of aryl methyl sites for hydroxylation is 1. The van der Waals surface area contributed by atoms with Crippen LogP contribution in [-0.2, 0) is 11.3 Å². The Morgan fingerprint density at radius 1 is 1.20 bits per heavy atom. The molecular weight excluding hydrogens is 312 g/mol. The molecule has 0 bridgehead atoms. The Morgan fingerprint density at radius 3 is 2.68 bits per heavy atom. The first-order valence-electron chi connectivity index (χ1n) is 8.87. The number of hydrogen-bond acceptors (Lipinski definition) is 3. The first-order chi connectivity index (χ1) is 12.2. The van der Waals surface area contributed by atoms with Gasteiger partial charge in [-0.25, -0.2) is 0 Å². The predicted octanol–water partition coefficient (Wildman–Crippen LogP) is 3.46. The van der Waals surface area contributed by atoms with Gasteiger partial charge in [-0.1, -0.05) is 48.0 Å². The molecule has 0 aliphatic carbocycles. The molecule has 1 aliphatic rings. The van der Waals surface area contributed by atoms with Crippen LogP contribution >= 0.6 is 0 Å². The molecule has 1 N–H and O–H groups in total. The van der Waals surface area contributed by atoms with Gasteiger partial charge in [-0.05, 0) is 25.0 Å². The highest BCUT2D eigenvalue weighted by molar-refractivity contribution is 5.78. The highest BCUT2D eigenvalue weighted by atomic mass is 16.5. The van der Waals surface area contributed by atoms with Crippen LogP contribution in [0.4, 0.5) is 0 Å². The third kappa shape index (κ3) is 4.40. The first kappa shape index (κ1) is 17.5. The van der Waals surface area contributed by atoms with Gasteiger partial charge in [0.05, 0.1) is 13.2 Å². The molecule has 25 heavy (non-hydrogen) atoms. The average Bonchev–Trinajstić information content (AvgIpc) is 3.04. The fourth-order valence-corrected chi connectivity index (χ4v) is 3.37. The van der Waals surface area contributed by atoms with E-state index in [0.717, 1.165) is 24.3 Å². The van der Waals surface area contributed by atoms with Gasteiger partial charge < -0.3 is 15.0 Å². The smallest absolute Gasteiger partial charge is 0.222 e. The lowest BCUT2D eigenvalue weighted by molar-refractivity contribution is -0.128. The molecule has 0 unspecified atom stereocenters. The van der Waals surface area contributed by atoms with Crippen molar-refractivity contribution in [3.63, 3.8) is 0 Å². The van der Waals surface area contributed by atoms with E-state index < -0.39 is 0 Å². The summed E-state index contributed by atoms with van der Waals surface area (Å²) < 4.78 is 5.48. The minimum absolute atomic E-state index is 0.105. The van der Waals surface area contributed by atoms with Gasteiger partial charge in [0.1, 0.15) is 5.75 Å². The largest absolute Gasteiger partial charge is 0.496 e. The molecule has 0 saturated carbocycles. The summed E-state index contributed by atoms with van der Waals surface area (Å²) in [6, 6.07) is 16.7. The van der Waals surface area contributed by atoms with Crippen molar-refractivity contribution in [2.45, 2.75) is 32.4 Å². The number of nitrogens with zero attached hydrogens (tertiary/aromatic N) is 1. The number of rotatable bonds is 7. The van der Waals surface area contributed by atoms with Crippen LogP contribution in [0.5, 0.6) is 5.75 Å². The van der Waals surface area contributed by atoms with Gasteiger partial charge in [-0.3, -0.25) is 4.79 Å². The molecule has 1 fully saturated rings. The van der Waals surface area contributed by atoms with Crippen LogP contribution in [0.1, 0.15) is 35.6 Å². The second kappa shape index (κ2) is 8.17. The van der Waals surface area contributed by atoms with Crippen LogP contribution in [-0.4, -0.2) is 31.0 Å². The molecule has 1 aliphatic heterocycles. The van der Waals surface area contributed by atoms with E-state index in [0.29, 0.717) is 19.5 Å². The Kier molecular flexibility index (Phi) is 5.71. The second-order valence-corrected chi connectivity index (χ2v) is 6.60. The van der Waals surface area contributed by atoms with Crippen molar-refractivity contribution >= 4 is 5.91 Å². The van der Waals surface area contributed by atoms with E-state index in [1.165, 1.54) is 11.1 Å². The molecular formula is C21H26N2O2. The van der Waals surface area contributed by atoms with E-state index >= 15 is 0 Å². The minimum atomic E-state index is 0.105. The topological polar surface area (TPSA) is 41.6 Å². The van der Waals surface area contributed by atoms with Crippen LogP contribution in [0, 0.1) is 6.92 Å². The van der Waals surface area contributed by atoms with E-state index in [-0.39, 0.29) is 11.9 Å². The second-order valence-electron chi connectivity index (χ2n) is 6.60. The Morgan fingerprint density at radius 2 is 2.00 bits per heavy atom. The Hall–Kier alpha value is -2.33. The molecule has 2 aromatic carbocycles. The average molecular weight is 338 g/mol. The number of methoxy groups -OCH3 is 1. The van der Waals surface area contributed by atoms with Crippen molar-refractivity contribution in [2.24, 2.45) is 0 Å². The molecule has 1 saturated heterocycles. The third-order valence-electron chi connectivity index (χ3n) is 4.75. The van der Waals surface area contributed by atoms with Crippen molar-refractivity contribution in [1.82, 2.24) is 10.2 Å². The molecule has 1 atom stereocenters. The molecule has 0 radical (unpaired) electrons. The summed E-state index contributed by atoms with van der Waals surface area (Å²) in [6.45, 7) is 4.35. The number of carbonyl (C=O) groups is 1. The molecule has 1 amide bonds. The van der Waals surface area contributed by atoms with Gasteiger partial charge >= 0.3 is 0 Å². The maximum absolute atomic E-state index is 12.0. The van der Waals surface area contributed by atoms with E-state index in [4.69, 9.17) is 4.74 Å². The fourth-order valence-electron chi connectivity index (χ4n) is 3.37. The molecule has 3 rings (SSSR count). The fraction of sp³-hybridized carbons (Fsp3) is 0.381. The zero-order chi connectivity index (χ0) is 17.6. The summed E-state index contributed by atoms with van der Waals surface area (Å²) in [4.78, 5) is 14.0. The van der Waals surface area contributed by atoms with Crippen molar-refractivity contribution in [3.8, 4) is 5.75 Å². The normalized spacial score (nSPS) is 15.4. The molecule has 0 aromatic heterocycles. The maximum Gasteiger partial charge on any atom is 0.222 e. The van der Waals surface area contributed by atoms with E-state index in [2.05, 4.69) is 36.5 Å². The van der Waals surface area contributed by atoms with Gasteiger partial charge in [0.2, 0.25) is 5.91 Å². The molecule has 2 aromatic rings. The summed E-state index contributed by atoms with van der Waals surface area (Å²) in [6.07, 6.45) is 1.64. The number of amides is 1. The lowest BCUT2D eigenvalue weighted by Crippen LogP contribution is -2.35. The number of benzene rings is 2. The number of likely N-dealkylation sites (tertiary alicyclic amines) is 1. The van der Waals surface area contributed by atoms with E-state index in [1.54, 1.807) is 7.11 Å². The minimum Gasteiger partial charge on any atom is -0.496 e. The molecule has 4 nitrogen and oxygen atoms in total. The molecule has 132 valence electrons. The van der Waals surface area contributed by atoms with Crippen LogP contribution < -0.4 is 10.1 Å². The summed E-state index contributed by atoms with van der Waals surface area (Å²) >= 11 is 0. The highest BCUT2D eigenvalue weighted by Crippen LogP contribution is 2.23. The van der Waals surface area contributed by atoms with Crippen LogP contribution in [0.2, 0.25) is 0 Å². The third-order valence-corrected chi connectivity index (χ3v) is 4.75. The zero-order valence-corrected chi connectivity index (χ0v) is 15.0. The molecule has 0 spiro atoms. The highest BCUT2D eigenvalue weighted by Gasteiger charge is 2.24. The quantitative estimate of drug-likeness (QED) is 0.841. The van der Waals surface area contributed by atoms with Crippen LogP contribution in [0.15, 0.2) is 48.5 Å². The summed E-state index contributed by atoms with van der Waals surface area (Å²) in [5.41, 5.74) is 3.55. The van der Waals surface area contributed by atoms with E-state index in [1.807, 2.05) is 29.2 Å². The van der Waals surface area contributed by atoms with Gasteiger partial charge in [0.15, 0.2) is 0 Å². The van der Waals surface area contributed by atoms with Gasteiger partial charge in [0.25, 0.3) is 0 Å². The first-order valence-corrected chi connectivity index (χ1v) is 8.87. The van der Waals surface area contributed by atoms with Crippen molar-refractivity contribution in [2.75, 3.05) is 20.2 Å². The van der Waals surface area contributed by atoms with Crippen molar-refractivity contribution in [1.29, 1.82) is 0 Å². The standard InChI is InChI=1S/C21H26N2O2/c1-16-10-11-20(25-2)18(13-16)14-22-19(17-7-4-3-5-8-17)15-23-12-6-9-21(23)24/h3-5,7-8,10-11,13,19,22H,6,9,12,14-15H2,1-2H3/t19-/m0/s1. The van der Waals surface area contributed by atoms with Crippen LogP contribution in [0.25, 0.3) is 0 Å². The van der Waals surface area contributed by atoms with Crippen molar-refractivity contribution < 1.29 is 9.53 Å². The van der Waals surface area contributed by atoms with Crippen LogP contribution in [0.3, 0.4) is 0 Å². The predicted molar refractivity (Wildman–Crippen MR) is 99.6 cm³/mol. The Bertz CT molecular complexity index is 715.